The van der Waals surface area contributed by atoms with Crippen molar-refractivity contribution in [1.29, 1.82) is 0 Å². The van der Waals surface area contributed by atoms with E-state index in [1.807, 2.05) is 0 Å². The Balaban J connectivity index is 1.61. The van der Waals surface area contributed by atoms with Gasteiger partial charge in [0.25, 0.3) is 5.69 Å². The van der Waals surface area contributed by atoms with Gasteiger partial charge < -0.3 is 15.0 Å². The standard InChI is InChI=1S/C21H21N3O6S/c1-14(25)31-18-11-23(12-18)20(26)19(16-5-3-2-4-6-16)22-21(27)30-13-15-7-9-17(10-8-15)24(28)29/h2-10,18-19H,11-13H2,1H3,(H,22,27)/t19-/m0/s1. The molecule has 9 nitrogen and oxygen atoms in total. The van der Waals surface area contributed by atoms with Gasteiger partial charge >= 0.3 is 6.09 Å². The number of non-ortho nitro benzene ring substituents is 1. The molecule has 1 heterocycles. The number of ether oxygens (including phenoxy) is 1. The number of thioether (sulfide) groups is 1. The third kappa shape index (κ3) is 6.05. The van der Waals surface area contributed by atoms with E-state index in [-0.39, 0.29) is 28.6 Å². The van der Waals surface area contributed by atoms with Gasteiger partial charge in [0.1, 0.15) is 12.6 Å². The summed E-state index contributed by atoms with van der Waals surface area (Å²) in [6.45, 7) is 2.27. The molecule has 0 bridgehead atoms. The fourth-order valence-electron chi connectivity index (χ4n) is 3.07. The first kappa shape index (κ1) is 22.3. The number of nitrogens with zero attached hydrogens (tertiary/aromatic N) is 2. The second-order valence-corrected chi connectivity index (χ2v) is 8.44. The molecular weight excluding hydrogens is 422 g/mol. The first-order valence-electron chi connectivity index (χ1n) is 9.51. The summed E-state index contributed by atoms with van der Waals surface area (Å²) in [6, 6.07) is 13.5. The lowest BCUT2D eigenvalue weighted by molar-refractivity contribution is -0.384. The van der Waals surface area contributed by atoms with Gasteiger partial charge in [0.2, 0.25) is 5.91 Å². The minimum absolute atomic E-state index is 0.00431. The van der Waals surface area contributed by atoms with E-state index in [0.717, 1.165) is 0 Å². The molecule has 0 unspecified atom stereocenters. The Morgan fingerprint density at radius 1 is 1.16 bits per heavy atom. The first-order valence-corrected chi connectivity index (χ1v) is 10.4. The van der Waals surface area contributed by atoms with Crippen molar-refractivity contribution in [2.75, 3.05) is 13.1 Å². The smallest absolute Gasteiger partial charge is 0.408 e. The molecule has 1 atom stereocenters. The topological polar surface area (TPSA) is 119 Å². The zero-order valence-corrected chi connectivity index (χ0v) is 17.5. The van der Waals surface area contributed by atoms with Crippen LogP contribution in [-0.4, -0.2) is 45.3 Å². The van der Waals surface area contributed by atoms with Crippen LogP contribution in [0.4, 0.5) is 10.5 Å². The van der Waals surface area contributed by atoms with E-state index in [1.165, 1.54) is 43.0 Å². The van der Waals surface area contributed by atoms with Crippen LogP contribution < -0.4 is 5.32 Å². The van der Waals surface area contributed by atoms with Crippen LogP contribution >= 0.6 is 11.8 Å². The van der Waals surface area contributed by atoms with Gasteiger partial charge in [0.15, 0.2) is 5.12 Å². The van der Waals surface area contributed by atoms with E-state index < -0.39 is 17.1 Å². The molecule has 1 aliphatic rings. The molecule has 0 radical (unpaired) electrons. The van der Waals surface area contributed by atoms with Crippen LogP contribution in [-0.2, 0) is 20.9 Å². The van der Waals surface area contributed by atoms with E-state index in [4.69, 9.17) is 4.74 Å². The molecular formula is C21H21N3O6S. The number of hydrogen-bond donors (Lipinski definition) is 1. The number of likely N-dealkylation sites (tertiary alicyclic amines) is 1. The van der Waals surface area contributed by atoms with Crippen LogP contribution in [0.1, 0.15) is 24.1 Å². The molecule has 2 aromatic rings. The van der Waals surface area contributed by atoms with Gasteiger partial charge in [-0.1, -0.05) is 42.1 Å². The average molecular weight is 443 g/mol. The molecule has 2 aromatic carbocycles. The van der Waals surface area contributed by atoms with E-state index >= 15 is 0 Å². The third-order valence-corrected chi connectivity index (χ3v) is 5.61. The van der Waals surface area contributed by atoms with Crippen molar-refractivity contribution < 1.29 is 24.0 Å². The molecule has 3 rings (SSSR count). The van der Waals surface area contributed by atoms with Gasteiger partial charge in [0.05, 0.1) is 4.92 Å². The molecule has 2 amide bonds. The number of benzene rings is 2. The predicted octanol–water partition coefficient (Wildman–Crippen LogP) is 3.05. The van der Waals surface area contributed by atoms with Crippen molar-refractivity contribution in [2.24, 2.45) is 0 Å². The Kier molecular flexibility index (Phi) is 7.24. The predicted molar refractivity (Wildman–Crippen MR) is 114 cm³/mol. The van der Waals surface area contributed by atoms with Gasteiger partial charge in [0, 0.05) is 37.4 Å². The van der Waals surface area contributed by atoms with Crippen molar-refractivity contribution in [1.82, 2.24) is 10.2 Å². The van der Waals surface area contributed by atoms with Crippen molar-refractivity contribution in [3.63, 3.8) is 0 Å². The lowest BCUT2D eigenvalue weighted by Crippen LogP contribution is -2.55. The van der Waals surface area contributed by atoms with Crippen LogP contribution in [0.5, 0.6) is 0 Å². The van der Waals surface area contributed by atoms with Crippen LogP contribution in [0, 0.1) is 10.1 Å². The Hall–Kier alpha value is -3.40. The summed E-state index contributed by atoms with van der Waals surface area (Å²) in [4.78, 5) is 48.3. The number of nitrogens with one attached hydrogen (secondary N) is 1. The van der Waals surface area contributed by atoms with Gasteiger partial charge in [-0.3, -0.25) is 19.7 Å². The van der Waals surface area contributed by atoms with Gasteiger partial charge in [-0.15, -0.1) is 0 Å². The summed E-state index contributed by atoms with van der Waals surface area (Å²) in [5, 5.41) is 13.4. The molecule has 1 N–H and O–H groups in total. The van der Waals surface area contributed by atoms with E-state index in [1.54, 1.807) is 35.2 Å². The summed E-state index contributed by atoms with van der Waals surface area (Å²) in [5.41, 5.74) is 1.14. The second kappa shape index (κ2) is 10.1. The summed E-state index contributed by atoms with van der Waals surface area (Å²) in [5.74, 6) is -0.279. The minimum atomic E-state index is -0.922. The molecule has 1 aliphatic heterocycles. The quantitative estimate of drug-likeness (QED) is 0.516. The van der Waals surface area contributed by atoms with Crippen LogP contribution in [0.15, 0.2) is 54.6 Å². The summed E-state index contributed by atoms with van der Waals surface area (Å²) < 4.78 is 5.20. The lowest BCUT2D eigenvalue weighted by Gasteiger charge is -2.40. The summed E-state index contributed by atoms with van der Waals surface area (Å²) >= 11 is 1.21. The summed E-state index contributed by atoms with van der Waals surface area (Å²) in [7, 11) is 0. The molecule has 162 valence electrons. The first-order chi connectivity index (χ1) is 14.8. The molecule has 0 saturated carbocycles. The van der Waals surface area contributed by atoms with E-state index in [0.29, 0.717) is 24.2 Å². The van der Waals surface area contributed by atoms with Crippen molar-refractivity contribution in [3.05, 3.63) is 75.8 Å². The number of amides is 2. The van der Waals surface area contributed by atoms with Crippen LogP contribution in [0.3, 0.4) is 0 Å². The Labute approximate surface area is 182 Å². The minimum Gasteiger partial charge on any atom is -0.445 e. The Bertz CT molecular complexity index is 961. The molecule has 31 heavy (non-hydrogen) atoms. The molecule has 0 spiro atoms. The maximum Gasteiger partial charge on any atom is 0.408 e. The number of rotatable bonds is 7. The highest BCUT2D eigenvalue weighted by Crippen LogP contribution is 2.26. The monoisotopic (exact) mass is 443 g/mol. The largest absolute Gasteiger partial charge is 0.445 e. The Morgan fingerprint density at radius 2 is 1.81 bits per heavy atom. The fourth-order valence-corrected chi connectivity index (χ4v) is 4.04. The fraction of sp³-hybridized carbons (Fsp3) is 0.286. The van der Waals surface area contributed by atoms with Crippen LogP contribution in [0.2, 0.25) is 0 Å². The lowest BCUT2D eigenvalue weighted by atomic mass is 10.0. The van der Waals surface area contributed by atoms with Gasteiger partial charge in [-0.25, -0.2) is 4.79 Å². The van der Waals surface area contributed by atoms with Crippen molar-refractivity contribution >= 4 is 34.6 Å². The van der Waals surface area contributed by atoms with Crippen molar-refractivity contribution in [2.45, 2.75) is 24.8 Å². The number of hydrogen-bond acceptors (Lipinski definition) is 7. The summed E-state index contributed by atoms with van der Waals surface area (Å²) in [6.07, 6.45) is -0.782. The Morgan fingerprint density at radius 3 is 2.39 bits per heavy atom. The van der Waals surface area contributed by atoms with Gasteiger partial charge in [-0.05, 0) is 23.3 Å². The molecule has 10 heteroatoms. The molecule has 1 fully saturated rings. The molecule has 1 saturated heterocycles. The van der Waals surface area contributed by atoms with Crippen molar-refractivity contribution in [3.8, 4) is 0 Å². The average Bonchev–Trinajstić information content (AvgIpc) is 2.73. The van der Waals surface area contributed by atoms with Gasteiger partial charge in [-0.2, -0.15) is 0 Å². The number of carbonyl (C=O) groups excluding carboxylic acids is 3. The number of carbonyl (C=O) groups is 3. The maximum atomic E-state index is 13.0. The maximum absolute atomic E-state index is 13.0. The number of alkyl carbamates (subject to hydrolysis) is 1. The van der Waals surface area contributed by atoms with E-state index in [9.17, 15) is 24.5 Å². The van der Waals surface area contributed by atoms with Crippen LogP contribution in [0.25, 0.3) is 0 Å². The highest BCUT2D eigenvalue weighted by Gasteiger charge is 2.36. The third-order valence-electron chi connectivity index (χ3n) is 4.65. The SMILES string of the molecule is CC(=O)SC1CN(C(=O)[C@@H](NC(=O)OCc2ccc([N+](=O)[O-])cc2)c2ccccc2)C1. The normalized spacial score (nSPS) is 14.3. The molecule has 0 aliphatic carbocycles. The molecule has 0 aromatic heterocycles. The second-order valence-electron chi connectivity index (χ2n) is 6.96. The zero-order chi connectivity index (χ0) is 22.4. The zero-order valence-electron chi connectivity index (χ0n) is 16.7. The number of nitro benzene ring substituents is 1. The number of nitro groups is 1. The highest BCUT2D eigenvalue weighted by molar-refractivity contribution is 8.14. The highest BCUT2D eigenvalue weighted by atomic mass is 32.2. The van der Waals surface area contributed by atoms with E-state index in [2.05, 4.69) is 5.32 Å².